The number of hydrogen-bond acceptors (Lipinski definition) is 9. The van der Waals surface area contributed by atoms with Gasteiger partial charge in [0.2, 0.25) is 21.8 Å². The summed E-state index contributed by atoms with van der Waals surface area (Å²) in [4.78, 5) is 61.4. The summed E-state index contributed by atoms with van der Waals surface area (Å²) in [7, 11) is -3.88. The fourth-order valence-corrected chi connectivity index (χ4v) is 7.77. The number of halogens is 1. The standard InChI is InChI=1S/C33H42FN5O8S/c34-26-13-7-6-9-21(26)19-35-47-24-17-28-29(40)37-33(31(42)38-48(44,45)25-15-16-25)18-22(33)10-4-2-1-3-5-14-27(30(41)39(28)20-24)36-32(43)46-23-11-8-12-23/h4,6-7,9-10,13,19,22-25,27-28H,1-3,5,8,11-12,14-18,20H2,(H,36,43)(H,37,40)(H,38,42)/b10-4-,35-19+/t22-,24-,27+,28+,33+/m1/s1. The monoisotopic (exact) mass is 687 g/mol. The minimum absolute atomic E-state index is 0.00992. The van der Waals surface area contributed by atoms with Crippen molar-refractivity contribution in [2.45, 2.75) is 112 Å². The van der Waals surface area contributed by atoms with Gasteiger partial charge in [-0.25, -0.2) is 17.6 Å². The summed E-state index contributed by atoms with van der Waals surface area (Å²) in [6.07, 6.45) is 10.1. The molecule has 1 aromatic rings. The van der Waals surface area contributed by atoms with E-state index in [-0.39, 0.29) is 31.1 Å². The summed E-state index contributed by atoms with van der Waals surface area (Å²) in [5.74, 6) is -2.91. The lowest BCUT2D eigenvalue weighted by Crippen LogP contribution is -2.58. The van der Waals surface area contributed by atoms with Crippen LogP contribution in [0.25, 0.3) is 0 Å². The molecule has 2 aliphatic heterocycles. The van der Waals surface area contributed by atoms with Gasteiger partial charge < -0.3 is 25.1 Å². The van der Waals surface area contributed by atoms with Crippen molar-refractivity contribution in [1.82, 2.24) is 20.3 Å². The largest absolute Gasteiger partial charge is 0.446 e. The molecule has 3 N–H and O–H groups in total. The van der Waals surface area contributed by atoms with Gasteiger partial charge in [-0.2, -0.15) is 0 Å². The highest BCUT2D eigenvalue weighted by Crippen LogP contribution is 2.46. The van der Waals surface area contributed by atoms with Crippen molar-refractivity contribution < 1.29 is 41.6 Å². The quantitative estimate of drug-likeness (QED) is 0.213. The number of hydrogen-bond donors (Lipinski definition) is 3. The zero-order valence-corrected chi connectivity index (χ0v) is 27.5. The van der Waals surface area contributed by atoms with Crippen LogP contribution < -0.4 is 15.4 Å². The summed E-state index contributed by atoms with van der Waals surface area (Å²) >= 11 is 0. The topological polar surface area (TPSA) is 173 Å². The number of nitrogens with zero attached hydrogens (tertiary/aromatic N) is 2. The number of ether oxygens (including phenoxy) is 1. The van der Waals surface area contributed by atoms with Gasteiger partial charge in [0.25, 0.3) is 5.91 Å². The van der Waals surface area contributed by atoms with Crippen LogP contribution in [0.3, 0.4) is 0 Å². The van der Waals surface area contributed by atoms with Crippen molar-refractivity contribution >= 4 is 40.1 Å². The molecule has 0 unspecified atom stereocenters. The summed E-state index contributed by atoms with van der Waals surface area (Å²) in [5.41, 5.74) is -1.31. The molecule has 0 spiro atoms. The Hall–Kier alpha value is -4.01. The Morgan fingerprint density at radius 1 is 1.04 bits per heavy atom. The zero-order valence-electron chi connectivity index (χ0n) is 26.6. The number of carbonyl (C=O) groups is 4. The third kappa shape index (κ3) is 7.82. The van der Waals surface area contributed by atoms with E-state index in [0.717, 1.165) is 32.1 Å². The van der Waals surface area contributed by atoms with E-state index in [1.165, 1.54) is 23.2 Å². The maximum absolute atomic E-state index is 14.1. The Morgan fingerprint density at radius 3 is 2.56 bits per heavy atom. The molecule has 0 bridgehead atoms. The van der Waals surface area contributed by atoms with Crippen LogP contribution in [0.4, 0.5) is 9.18 Å². The maximum Gasteiger partial charge on any atom is 0.408 e. The van der Waals surface area contributed by atoms with Crippen LogP contribution in [0, 0.1) is 11.7 Å². The van der Waals surface area contributed by atoms with Crippen LogP contribution in [-0.2, 0) is 34.0 Å². The number of amides is 4. The molecular weight excluding hydrogens is 645 g/mol. The Bertz CT molecular complexity index is 1580. The number of alkyl carbamates (subject to hydrolysis) is 1. The molecule has 5 atom stereocenters. The zero-order chi connectivity index (χ0) is 33.9. The molecule has 1 saturated heterocycles. The first-order valence-electron chi connectivity index (χ1n) is 16.8. The summed E-state index contributed by atoms with van der Waals surface area (Å²) in [6.45, 7) is -0.0695. The molecule has 5 aliphatic rings. The Balaban J connectivity index is 1.24. The van der Waals surface area contributed by atoms with Crippen molar-refractivity contribution in [1.29, 1.82) is 0 Å². The minimum Gasteiger partial charge on any atom is -0.446 e. The summed E-state index contributed by atoms with van der Waals surface area (Å²) < 4.78 is 47.1. The van der Waals surface area contributed by atoms with E-state index >= 15 is 0 Å². The van der Waals surface area contributed by atoms with Gasteiger partial charge in [-0.05, 0) is 63.9 Å². The first kappa shape index (κ1) is 33.9. The van der Waals surface area contributed by atoms with Crippen LogP contribution in [0.1, 0.15) is 82.6 Å². The second-order valence-electron chi connectivity index (χ2n) is 13.4. The van der Waals surface area contributed by atoms with Gasteiger partial charge in [0.1, 0.15) is 35.6 Å². The molecule has 0 radical (unpaired) electrons. The normalized spacial score (nSPS) is 30.5. The van der Waals surface area contributed by atoms with Gasteiger partial charge in [-0.1, -0.05) is 48.3 Å². The third-order valence-corrected chi connectivity index (χ3v) is 11.6. The lowest BCUT2D eigenvalue weighted by atomic mass is 9.96. The first-order valence-corrected chi connectivity index (χ1v) is 18.4. The Morgan fingerprint density at radius 2 is 1.83 bits per heavy atom. The smallest absolute Gasteiger partial charge is 0.408 e. The molecule has 4 fully saturated rings. The molecule has 13 nitrogen and oxygen atoms in total. The van der Waals surface area contributed by atoms with Gasteiger partial charge in [0.15, 0.2) is 0 Å². The molecule has 260 valence electrons. The number of rotatable bonds is 8. The van der Waals surface area contributed by atoms with Crippen molar-refractivity contribution in [3.05, 3.63) is 47.8 Å². The Kier molecular flexibility index (Phi) is 10.0. The molecular formula is C33H42FN5O8S. The van der Waals surface area contributed by atoms with E-state index in [1.807, 2.05) is 12.2 Å². The first-order chi connectivity index (χ1) is 23.1. The predicted octanol–water partition coefficient (Wildman–Crippen LogP) is 2.80. The third-order valence-electron chi connectivity index (χ3n) is 9.77. The van der Waals surface area contributed by atoms with Gasteiger partial charge in [-0.15, -0.1) is 0 Å². The molecule has 3 saturated carbocycles. The van der Waals surface area contributed by atoms with E-state index in [2.05, 4.69) is 20.5 Å². The molecule has 2 heterocycles. The average molecular weight is 688 g/mol. The van der Waals surface area contributed by atoms with Gasteiger partial charge in [0.05, 0.1) is 18.0 Å². The summed E-state index contributed by atoms with van der Waals surface area (Å²) in [6, 6.07) is 3.88. The van der Waals surface area contributed by atoms with Crippen LogP contribution >= 0.6 is 0 Å². The lowest BCUT2D eigenvalue weighted by Gasteiger charge is -2.30. The molecule has 15 heteroatoms. The number of oxime groups is 1. The lowest BCUT2D eigenvalue weighted by molar-refractivity contribution is -0.141. The van der Waals surface area contributed by atoms with E-state index < -0.39 is 74.5 Å². The van der Waals surface area contributed by atoms with E-state index in [0.29, 0.717) is 32.1 Å². The second kappa shape index (κ2) is 14.2. The highest BCUT2D eigenvalue weighted by atomic mass is 32.2. The average Bonchev–Trinajstić information content (AvgIpc) is 3.95. The molecule has 0 aromatic heterocycles. The van der Waals surface area contributed by atoms with Crippen molar-refractivity contribution in [3.8, 4) is 0 Å². The maximum atomic E-state index is 14.1. The van der Waals surface area contributed by atoms with Gasteiger partial charge in [-0.3, -0.25) is 19.1 Å². The highest BCUT2D eigenvalue weighted by Gasteiger charge is 2.62. The Labute approximate surface area is 279 Å². The molecule has 4 amide bonds. The number of nitrogens with one attached hydrogen (secondary N) is 3. The predicted molar refractivity (Wildman–Crippen MR) is 171 cm³/mol. The van der Waals surface area contributed by atoms with E-state index in [9.17, 15) is 32.0 Å². The van der Waals surface area contributed by atoms with Crippen molar-refractivity contribution in [2.75, 3.05) is 6.54 Å². The highest BCUT2D eigenvalue weighted by molar-refractivity contribution is 7.91. The van der Waals surface area contributed by atoms with Crippen LogP contribution in [-0.4, -0.2) is 85.0 Å². The number of allylic oxidation sites excluding steroid dienone is 1. The fraction of sp³-hybridized carbons (Fsp3) is 0.606. The number of sulfonamides is 1. The molecule has 3 aliphatic carbocycles. The number of fused-ring (bicyclic) bond motifs is 2. The van der Waals surface area contributed by atoms with Crippen LogP contribution in [0.5, 0.6) is 0 Å². The summed E-state index contributed by atoms with van der Waals surface area (Å²) in [5, 5.41) is 8.81. The minimum atomic E-state index is -3.88. The van der Waals surface area contributed by atoms with Crippen LogP contribution in [0.15, 0.2) is 41.6 Å². The van der Waals surface area contributed by atoms with Crippen LogP contribution in [0.2, 0.25) is 0 Å². The SMILES string of the molecule is O=C(N[C@H]1CCCCC/C=C\[C@@H]2C[C@]2(C(=O)NS(=O)(=O)C2CC2)NC(=O)[C@@H]2C[C@@H](O/N=C/c3ccccc3F)CN2C1=O)OC1CCC1. The molecule has 6 rings (SSSR count). The molecule has 48 heavy (non-hydrogen) atoms. The number of benzene rings is 1. The van der Waals surface area contributed by atoms with Gasteiger partial charge in [0, 0.05) is 17.9 Å². The van der Waals surface area contributed by atoms with E-state index in [1.54, 1.807) is 12.1 Å². The number of carbonyl (C=O) groups excluding carboxylic acids is 4. The van der Waals surface area contributed by atoms with Crippen molar-refractivity contribution in [2.24, 2.45) is 11.1 Å². The van der Waals surface area contributed by atoms with E-state index in [4.69, 9.17) is 9.57 Å². The van der Waals surface area contributed by atoms with Crippen molar-refractivity contribution in [3.63, 3.8) is 0 Å². The van der Waals surface area contributed by atoms with Gasteiger partial charge >= 0.3 is 6.09 Å². The molecule has 1 aromatic carbocycles. The second-order valence-corrected chi connectivity index (χ2v) is 15.4. The fourth-order valence-electron chi connectivity index (χ4n) is 6.41.